The molecule has 1 N–H and O–H groups in total. The van der Waals surface area contributed by atoms with E-state index < -0.39 is 0 Å². The van der Waals surface area contributed by atoms with E-state index in [4.69, 9.17) is 9.15 Å². The van der Waals surface area contributed by atoms with Crippen molar-refractivity contribution in [2.24, 2.45) is 5.10 Å². The van der Waals surface area contributed by atoms with Crippen molar-refractivity contribution in [3.63, 3.8) is 0 Å². The van der Waals surface area contributed by atoms with Gasteiger partial charge in [0.1, 0.15) is 11.5 Å². The molecule has 0 atom stereocenters. The third-order valence-corrected chi connectivity index (χ3v) is 4.03. The molecule has 142 valence electrons. The zero-order valence-corrected chi connectivity index (χ0v) is 15.6. The van der Waals surface area contributed by atoms with Crippen molar-refractivity contribution in [1.29, 1.82) is 0 Å². The van der Waals surface area contributed by atoms with Gasteiger partial charge in [0, 0.05) is 11.1 Å². The highest BCUT2D eigenvalue weighted by molar-refractivity contribution is 5.96. The van der Waals surface area contributed by atoms with E-state index in [1.54, 1.807) is 49.4 Å². The highest BCUT2D eigenvalue weighted by Crippen LogP contribution is 2.23. The molecule has 6 heteroatoms. The van der Waals surface area contributed by atoms with Crippen LogP contribution in [0.4, 0.5) is 0 Å². The number of hydrogen-bond donors (Lipinski definition) is 1. The van der Waals surface area contributed by atoms with Gasteiger partial charge in [-0.1, -0.05) is 30.3 Å². The zero-order chi connectivity index (χ0) is 19.9. The predicted molar refractivity (Wildman–Crippen MR) is 106 cm³/mol. The van der Waals surface area contributed by atoms with Crippen molar-refractivity contribution in [3.05, 3.63) is 83.1 Å². The molecule has 0 aliphatic heterocycles. The number of hydrogen-bond acceptors (Lipinski definition) is 5. The molecule has 0 saturated carbocycles. The summed E-state index contributed by atoms with van der Waals surface area (Å²) in [4.78, 5) is 24.0. The second-order valence-corrected chi connectivity index (χ2v) is 6.02. The number of benzene rings is 2. The first-order chi connectivity index (χ1) is 13.6. The van der Waals surface area contributed by atoms with Crippen LogP contribution in [0.5, 0.6) is 0 Å². The van der Waals surface area contributed by atoms with Crippen molar-refractivity contribution < 1.29 is 18.7 Å². The van der Waals surface area contributed by atoms with Crippen molar-refractivity contribution >= 4 is 18.1 Å². The number of amides is 1. The summed E-state index contributed by atoms with van der Waals surface area (Å²) in [5, 5.41) is 3.94. The Labute approximate surface area is 162 Å². The molecular weight excluding hydrogens is 356 g/mol. The number of rotatable bonds is 6. The van der Waals surface area contributed by atoms with Crippen LogP contribution < -0.4 is 5.43 Å². The predicted octanol–water partition coefficient (Wildman–Crippen LogP) is 4.20. The van der Waals surface area contributed by atoms with Crippen molar-refractivity contribution in [3.8, 4) is 11.3 Å². The van der Waals surface area contributed by atoms with Gasteiger partial charge in [-0.3, -0.25) is 4.79 Å². The van der Waals surface area contributed by atoms with Gasteiger partial charge in [-0.15, -0.1) is 0 Å². The van der Waals surface area contributed by atoms with E-state index in [0.29, 0.717) is 29.3 Å². The molecule has 1 aromatic heterocycles. The van der Waals surface area contributed by atoms with Crippen LogP contribution in [0.15, 0.2) is 70.2 Å². The van der Waals surface area contributed by atoms with Crippen LogP contribution in [-0.2, 0) is 4.74 Å². The molecule has 28 heavy (non-hydrogen) atoms. The minimum atomic E-state index is -0.378. The van der Waals surface area contributed by atoms with Gasteiger partial charge >= 0.3 is 5.97 Å². The van der Waals surface area contributed by atoms with Gasteiger partial charge in [0.15, 0.2) is 0 Å². The molecule has 0 aliphatic rings. The zero-order valence-electron chi connectivity index (χ0n) is 15.6. The van der Waals surface area contributed by atoms with Crippen LogP contribution in [0.1, 0.15) is 39.0 Å². The number of carbonyl (C=O) groups is 2. The first-order valence-electron chi connectivity index (χ1n) is 8.85. The Kier molecular flexibility index (Phi) is 6.01. The molecule has 0 unspecified atom stereocenters. The lowest BCUT2D eigenvalue weighted by Crippen LogP contribution is -2.18. The Bertz CT molecular complexity index is 1020. The topological polar surface area (TPSA) is 80.9 Å². The number of furan rings is 1. The molecule has 0 fully saturated rings. The van der Waals surface area contributed by atoms with Gasteiger partial charge in [0.25, 0.3) is 5.91 Å². The summed E-state index contributed by atoms with van der Waals surface area (Å²) >= 11 is 0. The molecule has 0 saturated heterocycles. The number of nitrogens with one attached hydrogen (secondary N) is 1. The monoisotopic (exact) mass is 376 g/mol. The van der Waals surface area contributed by atoms with Gasteiger partial charge < -0.3 is 9.15 Å². The Hall–Kier alpha value is -3.67. The highest BCUT2D eigenvalue weighted by atomic mass is 16.5. The van der Waals surface area contributed by atoms with E-state index in [1.807, 2.05) is 25.1 Å². The molecular formula is C22H20N2O4. The van der Waals surface area contributed by atoms with E-state index in [0.717, 1.165) is 11.1 Å². The fourth-order valence-electron chi connectivity index (χ4n) is 2.63. The fraction of sp³-hybridized carbons (Fsp3) is 0.136. The Morgan fingerprint density at radius 1 is 1.11 bits per heavy atom. The van der Waals surface area contributed by atoms with Crippen molar-refractivity contribution in [2.45, 2.75) is 13.8 Å². The number of carbonyl (C=O) groups excluding carboxylic acids is 2. The third-order valence-electron chi connectivity index (χ3n) is 4.03. The summed E-state index contributed by atoms with van der Waals surface area (Å²) in [6.45, 7) is 3.94. The van der Waals surface area contributed by atoms with Crippen LogP contribution in [0.2, 0.25) is 0 Å². The van der Waals surface area contributed by atoms with E-state index >= 15 is 0 Å². The average Bonchev–Trinajstić information content (AvgIpc) is 3.17. The lowest BCUT2D eigenvalue weighted by Gasteiger charge is -2.03. The molecule has 2 aromatic carbocycles. The molecule has 0 aliphatic carbocycles. The maximum Gasteiger partial charge on any atom is 0.338 e. The van der Waals surface area contributed by atoms with Gasteiger partial charge in [0.05, 0.1) is 18.4 Å². The van der Waals surface area contributed by atoms with E-state index in [2.05, 4.69) is 10.5 Å². The van der Waals surface area contributed by atoms with Crippen LogP contribution in [0.3, 0.4) is 0 Å². The summed E-state index contributed by atoms with van der Waals surface area (Å²) in [5.41, 5.74) is 5.12. The summed E-state index contributed by atoms with van der Waals surface area (Å²) in [5.74, 6) is 0.388. The van der Waals surface area contributed by atoms with Crippen LogP contribution in [-0.4, -0.2) is 24.7 Å². The molecule has 0 bridgehead atoms. The lowest BCUT2D eigenvalue weighted by atomic mass is 10.1. The third kappa shape index (κ3) is 4.54. The SMILES string of the molecule is CCOC(=O)c1cccc(-c2ccc(/C=N\NC(=O)c3ccccc3C)o2)c1. The molecule has 3 rings (SSSR count). The first kappa shape index (κ1) is 19.1. The van der Waals surface area contributed by atoms with Crippen LogP contribution >= 0.6 is 0 Å². The maximum absolute atomic E-state index is 12.1. The highest BCUT2D eigenvalue weighted by Gasteiger charge is 2.10. The number of nitrogens with zero attached hydrogens (tertiary/aromatic N) is 1. The smallest absolute Gasteiger partial charge is 0.338 e. The maximum atomic E-state index is 12.1. The summed E-state index contributed by atoms with van der Waals surface area (Å²) < 4.78 is 10.7. The molecule has 3 aromatic rings. The van der Waals surface area contributed by atoms with Crippen LogP contribution in [0.25, 0.3) is 11.3 Å². The van der Waals surface area contributed by atoms with Gasteiger partial charge in [0.2, 0.25) is 0 Å². The molecule has 1 amide bonds. The minimum absolute atomic E-state index is 0.289. The first-order valence-corrected chi connectivity index (χ1v) is 8.85. The second kappa shape index (κ2) is 8.81. The summed E-state index contributed by atoms with van der Waals surface area (Å²) in [7, 11) is 0. The number of aryl methyl sites for hydroxylation is 1. The quantitative estimate of drug-likeness (QED) is 0.397. The standard InChI is InChI=1S/C22H20N2O4/c1-3-27-22(26)17-9-6-8-16(13-17)20-12-11-18(28-20)14-23-24-21(25)19-10-5-4-7-15(19)2/h4-14H,3H2,1-2H3,(H,24,25)/b23-14-. The van der Waals surface area contributed by atoms with Gasteiger partial charge in [-0.25, -0.2) is 10.2 Å². The van der Waals surface area contributed by atoms with Crippen molar-refractivity contribution in [1.82, 2.24) is 5.43 Å². The number of ether oxygens (including phenoxy) is 1. The Morgan fingerprint density at radius 2 is 1.93 bits per heavy atom. The Balaban J connectivity index is 1.68. The largest absolute Gasteiger partial charge is 0.462 e. The summed E-state index contributed by atoms with van der Waals surface area (Å²) in [6, 6.07) is 17.8. The molecule has 0 spiro atoms. The van der Waals surface area contributed by atoms with E-state index in [-0.39, 0.29) is 11.9 Å². The normalized spacial score (nSPS) is 10.8. The molecule has 0 radical (unpaired) electrons. The minimum Gasteiger partial charge on any atom is -0.462 e. The summed E-state index contributed by atoms with van der Waals surface area (Å²) in [6.07, 6.45) is 1.43. The second-order valence-electron chi connectivity index (χ2n) is 6.02. The molecule has 6 nitrogen and oxygen atoms in total. The fourth-order valence-corrected chi connectivity index (χ4v) is 2.63. The van der Waals surface area contributed by atoms with Crippen molar-refractivity contribution in [2.75, 3.05) is 6.61 Å². The van der Waals surface area contributed by atoms with E-state index in [1.165, 1.54) is 6.21 Å². The number of esters is 1. The number of hydrazone groups is 1. The Morgan fingerprint density at radius 3 is 2.71 bits per heavy atom. The lowest BCUT2D eigenvalue weighted by molar-refractivity contribution is 0.0526. The van der Waals surface area contributed by atoms with Gasteiger partial charge in [-0.05, 0) is 49.7 Å². The van der Waals surface area contributed by atoms with E-state index in [9.17, 15) is 9.59 Å². The molecule has 1 heterocycles. The van der Waals surface area contributed by atoms with Crippen LogP contribution in [0, 0.1) is 6.92 Å². The van der Waals surface area contributed by atoms with Gasteiger partial charge in [-0.2, -0.15) is 5.10 Å². The average molecular weight is 376 g/mol.